The first-order valence-electron chi connectivity index (χ1n) is 9.85. The van der Waals surface area contributed by atoms with Crippen LogP contribution >= 0.6 is 0 Å². The fourth-order valence-corrected chi connectivity index (χ4v) is 6.18. The normalized spacial score (nSPS) is 26.3. The van der Waals surface area contributed by atoms with Crippen molar-refractivity contribution < 1.29 is 27.6 Å². The zero-order valence-corrected chi connectivity index (χ0v) is 19.2. The number of hydrogen-bond donors (Lipinski definition) is 1. The van der Waals surface area contributed by atoms with E-state index >= 15 is 0 Å². The van der Waals surface area contributed by atoms with Gasteiger partial charge in [-0.1, -0.05) is 0 Å². The number of nitrogens with one attached hydrogen (secondary N) is 1. The van der Waals surface area contributed by atoms with Gasteiger partial charge in [-0.05, 0) is 47.6 Å². The molecule has 1 N–H and O–H groups in total. The van der Waals surface area contributed by atoms with Crippen LogP contribution in [0.25, 0.3) is 0 Å². The molecule has 2 aliphatic heterocycles. The smallest absolute Gasteiger partial charge is 0.413 e. The van der Waals surface area contributed by atoms with E-state index in [-0.39, 0.29) is 30.1 Å². The second-order valence-corrected chi connectivity index (χ2v) is 12.0. The number of alkyl carbamates (subject to hydrolysis) is 1. The number of fused-ring (bicyclic) bond motifs is 3. The summed E-state index contributed by atoms with van der Waals surface area (Å²) in [5, 5.41) is 12.9. The summed E-state index contributed by atoms with van der Waals surface area (Å²) in [7, 11) is -3.91. The van der Waals surface area contributed by atoms with E-state index in [1.165, 1.54) is 32.0 Å². The zero-order chi connectivity index (χ0) is 23.4. The van der Waals surface area contributed by atoms with E-state index < -0.39 is 42.0 Å². The Balaban J connectivity index is 2.22. The van der Waals surface area contributed by atoms with Crippen LogP contribution in [0.3, 0.4) is 0 Å². The predicted molar refractivity (Wildman–Crippen MR) is 114 cm³/mol. The lowest BCUT2D eigenvalue weighted by molar-refractivity contribution is -0.385. The van der Waals surface area contributed by atoms with E-state index in [1.54, 1.807) is 27.7 Å². The third-order valence-corrected chi connectivity index (χ3v) is 8.66. The molecule has 2 aliphatic rings. The molecule has 0 spiro atoms. The van der Waals surface area contributed by atoms with Crippen molar-refractivity contribution in [2.75, 3.05) is 6.61 Å². The predicted octanol–water partition coefficient (Wildman–Crippen LogP) is 3.09. The van der Waals surface area contributed by atoms with Crippen LogP contribution in [-0.2, 0) is 20.1 Å². The van der Waals surface area contributed by atoms with Crippen LogP contribution in [0.15, 0.2) is 23.2 Å². The number of amidine groups is 1. The number of carbonyl (C=O) groups excluding carboxylic acids is 1. The summed E-state index contributed by atoms with van der Waals surface area (Å²) >= 11 is 0. The first kappa shape index (κ1) is 23.0. The summed E-state index contributed by atoms with van der Waals surface area (Å²) in [6.45, 7) is 9.71. The van der Waals surface area contributed by atoms with Gasteiger partial charge >= 0.3 is 6.09 Å². The quantitative estimate of drug-likeness (QED) is 0.509. The van der Waals surface area contributed by atoms with Crippen molar-refractivity contribution >= 4 is 27.5 Å². The summed E-state index contributed by atoms with van der Waals surface area (Å²) in [4.78, 5) is 27.9. The van der Waals surface area contributed by atoms with Crippen LogP contribution in [-0.4, -0.2) is 47.5 Å². The summed E-state index contributed by atoms with van der Waals surface area (Å²) in [6.07, 6.45) is -0.686. The second-order valence-electron chi connectivity index (χ2n) is 9.35. The minimum absolute atomic E-state index is 0.0835. The number of ether oxygens (including phenoxy) is 2. The summed E-state index contributed by atoms with van der Waals surface area (Å²) in [5.41, 5.74) is -2.12. The number of nitro groups is 1. The molecule has 11 heteroatoms. The number of amides is 1. The number of carbonyl (C=O) groups is 1. The standard InChI is InChI=1S/C20H27N3O7S/c1-18(2,3)30-17(24)21-16-19(4,5)31(27,28)15-9-10-29-14-8-7-12(23(25)26)11-13(14)20(15,6)22-16/h7-8,11,15H,9-10H2,1-6H3,(H,21,22,24). The molecule has 2 unspecified atom stereocenters. The number of nitrogens with zero attached hydrogens (tertiary/aromatic N) is 2. The molecule has 0 fully saturated rings. The third kappa shape index (κ3) is 3.86. The van der Waals surface area contributed by atoms with Crippen LogP contribution in [0.2, 0.25) is 0 Å². The Hall–Kier alpha value is -2.69. The first-order valence-corrected chi connectivity index (χ1v) is 11.4. The van der Waals surface area contributed by atoms with E-state index in [2.05, 4.69) is 10.3 Å². The highest BCUT2D eigenvalue weighted by Gasteiger charge is 2.58. The van der Waals surface area contributed by atoms with Crippen LogP contribution in [0.5, 0.6) is 5.75 Å². The van der Waals surface area contributed by atoms with E-state index in [1.807, 2.05) is 0 Å². The molecular weight excluding hydrogens is 426 g/mol. The Morgan fingerprint density at radius 3 is 2.55 bits per heavy atom. The van der Waals surface area contributed by atoms with Gasteiger partial charge in [-0.25, -0.2) is 13.2 Å². The average Bonchev–Trinajstić information content (AvgIpc) is 2.75. The highest BCUT2D eigenvalue weighted by atomic mass is 32.2. The monoisotopic (exact) mass is 453 g/mol. The van der Waals surface area contributed by atoms with Crippen LogP contribution in [0.1, 0.15) is 53.5 Å². The van der Waals surface area contributed by atoms with Crippen molar-refractivity contribution in [3.05, 3.63) is 33.9 Å². The summed E-state index contributed by atoms with van der Waals surface area (Å²) < 4.78 is 36.8. The van der Waals surface area contributed by atoms with E-state index in [4.69, 9.17) is 9.47 Å². The minimum Gasteiger partial charge on any atom is -0.493 e. The molecule has 170 valence electrons. The lowest BCUT2D eigenvalue weighted by atomic mass is 9.86. The van der Waals surface area contributed by atoms with Gasteiger partial charge in [0.2, 0.25) is 0 Å². The zero-order valence-electron chi connectivity index (χ0n) is 18.4. The van der Waals surface area contributed by atoms with Crippen molar-refractivity contribution in [2.45, 2.75) is 69.1 Å². The lowest BCUT2D eigenvalue weighted by Crippen LogP contribution is -2.61. The molecule has 0 aromatic heterocycles. The van der Waals surface area contributed by atoms with Gasteiger partial charge in [-0.3, -0.25) is 20.4 Å². The van der Waals surface area contributed by atoms with Crippen LogP contribution in [0, 0.1) is 10.1 Å². The SMILES string of the molecule is CC(C)(C)OC(=O)NC1=NC2(C)c3cc([N+](=O)[O-])ccc3OCCC2S(=O)(=O)C1(C)C. The highest BCUT2D eigenvalue weighted by molar-refractivity contribution is 7.94. The Morgan fingerprint density at radius 2 is 1.97 bits per heavy atom. The van der Waals surface area contributed by atoms with Gasteiger partial charge in [0.15, 0.2) is 9.84 Å². The van der Waals surface area contributed by atoms with Gasteiger partial charge in [0.25, 0.3) is 5.69 Å². The highest BCUT2D eigenvalue weighted by Crippen LogP contribution is 2.49. The molecule has 1 amide bonds. The molecule has 2 atom stereocenters. The Morgan fingerprint density at radius 1 is 1.32 bits per heavy atom. The third-order valence-electron chi connectivity index (χ3n) is 5.60. The van der Waals surface area contributed by atoms with Crippen LogP contribution < -0.4 is 10.1 Å². The average molecular weight is 454 g/mol. The Labute approximate surface area is 181 Å². The number of aliphatic imine (C=N–C) groups is 1. The molecule has 1 aromatic carbocycles. The van der Waals surface area contributed by atoms with Gasteiger partial charge in [0.1, 0.15) is 27.5 Å². The van der Waals surface area contributed by atoms with Crippen LogP contribution in [0.4, 0.5) is 10.5 Å². The molecule has 0 bridgehead atoms. The number of hydrogen-bond acceptors (Lipinski definition) is 8. The van der Waals surface area contributed by atoms with Gasteiger partial charge in [-0.2, -0.15) is 0 Å². The fourth-order valence-electron chi connectivity index (χ4n) is 3.91. The largest absolute Gasteiger partial charge is 0.493 e. The van der Waals surface area contributed by atoms with Crippen molar-refractivity contribution in [3.8, 4) is 5.75 Å². The number of non-ortho nitro benzene ring substituents is 1. The molecule has 0 aliphatic carbocycles. The maximum atomic E-state index is 13.7. The van der Waals surface area contributed by atoms with Gasteiger partial charge in [-0.15, -0.1) is 0 Å². The molecule has 1 aromatic rings. The maximum absolute atomic E-state index is 13.7. The maximum Gasteiger partial charge on any atom is 0.413 e. The van der Waals surface area contributed by atoms with Crippen molar-refractivity contribution in [3.63, 3.8) is 0 Å². The topological polar surface area (TPSA) is 137 Å². The number of rotatable bonds is 1. The lowest BCUT2D eigenvalue weighted by Gasteiger charge is -2.44. The van der Waals surface area contributed by atoms with Crippen molar-refractivity contribution in [2.24, 2.45) is 4.99 Å². The number of benzene rings is 1. The first-order chi connectivity index (χ1) is 14.1. The van der Waals surface area contributed by atoms with E-state index in [0.717, 1.165) is 0 Å². The van der Waals surface area contributed by atoms with E-state index in [0.29, 0.717) is 5.75 Å². The summed E-state index contributed by atoms with van der Waals surface area (Å²) in [5.74, 6) is 0.241. The Kier molecular flexibility index (Phi) is 5.32. The van der Waals surface area contributed by atoms with Crippen molar-refractivity contribution in [1.82, 2.24) is 5.32 Å². The van der Waals surface area contributed by atoms with Gasteiger partial charge in [0.05, 0.1) is 16.8 Å². The fraction of sp³-hybridized carbons (Fsp3) is 0.600. The van der Waals surface area contributed by atoms with Gasteiger partial charge in [0, 0.05) is 24.1 Å². The van der Waals surface area contributed by atoms with Crippen molar-refractivity contribution in [1.29, 1.82) is 0 Å². The Bertz CT molecular complexity index is 1070. The molecule has 10 nitrogen and oxygen atoms in total. The number of nitro benzene ring substituents is 1. The minimum atomic E-state index is -3.91. The van der Waals surface area contributed by atoms with Gasteiger partial charge < -0.3 is 9.47 Å². The molecule has 3 rings (SSSR count). The summed E-state index contributed by atoms with van der Waals surface area (Å²) in [6, 6.07) is 4.04. The second kappa shape index (κ2) is 7.18. The molecular formula is C20H27N3O7S. The molecule has 31 heavy (non-hydrogen) atoms. The molecule has 0 saturated carbocycles. The molecule has 0 saturated heterocycles. The molecule has 2 heterocycles. The molecule has 0 radical (unpaired) electrons. The van der Waals surface area contributed by atoms with E-state index in [9.17, 15) is 23.3 Å². The number of sulfone groups is 1.